The molecule has 0 saturated heterocycles. The number of hydrogen-bond donors (Lipinski definition) is 1. The van der Waals surface area contributed by atoms with Gasteiger partial charge in [0, 0.05) is 42.1 Å². The second-order valence-corrected chi connectivity index (χ2v) is 7.49. The van der Waals surface area contributed by atoms with E-state index in [0.717, 1.165) is 24.1 Å². The summed E-state index contributed by atoms with van der Waals surface area (Å²) in [5, 5.41) is 3.13. The molecular formula is C20H20N6O. The highest BCUT2D eigenvalue weighted by atomic mass is 16.1. The van der Waals surface area contributed by atoms with Crippen LogP contribution in [0.5, 0.6) is 0 Å². The van der Waals surface area contributed by atoms with E-state index in [1.165, 1.54) is 0 Å². The third kappa shape index (κ3) is 3.67. The molecule has 0 unspecified atom stereocenters. The number of carbonyl (C=O) groups excluding carboxylic acids is 1. The molecule has 0 radical (unpaired) electrons. The van der Waals surface area contributed by atoms with Crippen molar-refractivity contribution in [2.75, 3.05) is 0 Å². The molecule has 3 heterocycles. The van der Waals surface area contributed by atoms with Crippen molar-refractivity contribution in [1.29, 1.82) is 0 Å². The number of nitrogens with zero attached hydrogens (tertiary/aromatic N) is 5. The highest BCUT2D eigenvalue weighted by Crippen LogP contribution is 2.40. The van der Waals surface area contributed by atoms with Crippen molar-refractivity contribution < 1.29 is 4.79 Å². The highest BCUT2D eigenvalue weighted by Gasteiger charge is 2.34. The number of hydrogen-bond acceptors (Lipinski definition) is 6. The molecule has 0 spiro atoms. The quantitative estimate of drug-likeness (QED) is 0.772. The van der Waals surface area contributed by atoms with E-state index in [0.29, 0.717) is 17.1 Å². The van der Waals surface area contributed by atoms with Gasteiger partial charge in [-0.25, -0.2) is 15.0 Å². The molecule has 1 aliphatic rings. The van der Waals surface area contributed by atoms with Crippen LogP contribution in [0.3, 0.4) is 0 Å². The van der Waals surface area contributed by atoms with Crippen molar-refractivity contribution >= 4 is 5.91 Å². The van der Waals surface area contributed by atoms with Gasteiger partial charge in [-0.2, -0.15) is 0 Å². The standard InChI is InChI=1S/C20H20N6O/c1-20(2)9-15-14(11-24-18(25-15)17-12-22-7-8-23-17)16(10-20)26-19(27)13-3-5-21-6-4-13/h3-8,11-12,16H,9-10H2,1-2H3,(H,26,27)/t16-/m0/s1. The second-order valence-electron chi connectivity index (χ2n) is 7.49. The third-order valence-electron chi connectivity index (χ3n) is 4.72. The molecule has 7 nitrogen and oxygen atoms in total. The van der Waals surface area contributed by atoms with Gasteiger partial charge in [0.15, 0.2) is 5.82 Å². The van der Waals surface area contributed by atoms with Gasteiger partial charge >= 0.3 is 0 Å². The molecule has 0 aliphatic heterocycles. The van der Waals surface area contributed by atoms with Gasteiger partial charge in [-0.15, -0.1) is 0 Å². The van der Waals surface area contributed by atoms with Crippen LogP contribution in [0.2, 0.25) is 0 Å². The summed E-state index contributed by atoms with van der Waals surface area (Å²) in [6, 6.07) is 3.27. The lowest BCUT2D eigenvalue weighted by Gasteiger charge is -2.36. The summed E-state index contributed by atoms with van der Waals surface area (Å²) in [5.41, 5.74) is 3.15. The summed E-state index contributed by atoms with van der Waals surface area (Å²) in [7, 11) is 0. The van der Waals surface area contributed by atoms with Gasteiger partial charge in [0.25, 0.3) is 5.91 Å². The average molecular weight is 360 g/mol. The Morgan fingerprint density at radius 3 is 2.63 bits per heavy atom. The number of aromatic nitrogens is 5. The van der Waals surface area contributed by atoms with Crippen LogP contribution < -0.4 is 5.32 Å². The van der Waals surface area contributed by atoms with E-state index in [1.54, 1.807) is 49.3 Å². The van der Waals surface area contributed by atoms with Gasteiger partial charge in [0.2, 0.25) is 0 Å². The molecule has 0 aromatic carbocycles. The Hall–Kier alpha value is -3.22. The predicted octanol–water partition coefficient (Wildman–Crippen LogP) is 2.77. The molecule has 0 fully saturated rings. The van der Waals surface area contributed by atoms with Gasteiger partial charge in [-0.05, 0) is 30.4 Å². The van der Waals surface area contributed by atoms with Crippen LogP contribution >= 0.6 is 0 Å². The fourth-order valence-corrected chi connectivity index (χ4v) is 3.46. The fourth-order valence-electron chi connectivity index (χ4n) is 3.46. The Bertz CT molecular complexity index is 959. The molecule has 1 aliphatic carbocycles. The van der Waals surface area contributed by atoms with Crippen molar-refractivity contribution in [2.45, 2.75) is 32.7 Å². The first kappa shape index (κ1) is 17.2. The first-order valence-corrected chi connectivity index (χ1v) is 8.85. The molecule has 1 amide bonds. The zero-order chi connectivity index (χ0) is 18.9. The van der Waals surface area contributed by atoms with Gasteiger partial charge in [0.1, 0.15) is 5.69 Å². The lowest BCUT2D eigenvalue weighted by Crippen LogP contribution is -2.37. The van der Waals surface area contributed by atoms with E-state index in [2.05, 4.69) is 39.1 Å². The molecule has 3 aromatic heterocycles. The molecule has 0 saturated carbocycles. The van der Waals surface area contributed by atoms with E-state index < -0.39 is 0 Å². The maximum Gasteiger partial charge on any atom is 0.251 e. The van der Waals surface area contributed by atoms with Gasteiger partial charge in [-0.1, -0.05) is 13.8 Å². The summed E-state index contributed by atoms with van der Waals surface area (Å²) in [6.45, 7) is 4.37. The molecule has 0 bridgehead atoms. The lowest BCUT2D eigenvalue weighted by molar-refractivity contribution is 0.0919. The Kier molecular flexibility index (Phi) is 4.35. The zero-order valence-electron chi connectivity index (χ0n) is 15.3. The first-order valence-electron chi connectivity index (χ1n) is 8.85. The Labute approximate surface area is 157 Å². The minimum atomic E-state index is -0.139. The van der Waals surface area contributed by atoms with Crippen molar-refractivity contribution in [1.82, 2.24) is 30.2 Å². The minimum absolute atomic E-state index is 0.0111. The summed E-state index contributed by atoms with van der Waals surface area (Å²) in [6.07, 6.45) is 11.6. The van der Waals surface area contributed by atoms with E-state index in [4.69, 9.17) is 4.98 Å². The SMILES string of the molecule is CC1(C)Cc2nc(-c3cnccn3)ncc2[C@@H](NC(=O)c2ccncc2)C1. The summed E-state index contributed by atoms with van der Waals surface area (Å²) < 4.78 is 0. The van der Waals surface area contributed by atoms with E-state index in [9.17, 15) is 4.79 Å². The van der Waals surface area contributed by atoms with Crippen molar-refractivity contribution in [2.24, 2.45) is 5.41 Å². The predicted molar refractivity (Wildman–Crippen MR) is 99.6 cm³/mol. The number of amides is 1. The van der Waals surface area contributed by atoms with Crippen molar-refractivity contribution in [3.63, 3.8) is 0 Å². The number of nitrogens with one attached hydrogen (secondary N) is 1. The smallest absolute Gasteiger partial charge is 0.251 e. The van der Waals surface area contributed by atoms with Crippen LogP contribution in [-0.4, -0.2) is 30.8 Å². The zero-order valence-corrected chi connectivity index (χ0v) is 15.3. The highest BCUT2D eigenvalue weighted by molar-refractivity contribution is 5.94. The first-order chi connectivity index (χ1) is 13.0. The normalized spacial score (nSPS) is 17.8. The van der Waals surface area contributed by atoms with E-state index in [1.807, 2.05) is 0 Å². The number of rotatable bonds is 3. The fraction of sp³-hybridized carbons (Fsp3) is 0.300. The molecule has 4 rings (SSSR count). The second kappa shape index (κ2) is 6.83. The molecule has 136 valence electrons. The minimum Gasteiger partial charge on any atom is -0.345 e. The van der Waals surface area contributed by atoms with Crippen LogP contribution in [0.1, 0.15) is 47.9 Å². The molecular weight excluding hydrogens is 340 g/mol. The van der Waals surface area contributed by atoms with Crippen LogP contribution in [-0.2, 0) is 6.42 Å². The molecule has 1 atom stereocenters. The summed E-state index contributed by atoms with van der Waals surface area (Å²) in [5.74, 6) is 0.433. The number of carbonyl (C=O) groups is 1. The number of pyridine rings is 1. The van der Waals surface area contributed by atoms with Crippen LogP contribution in [0.25, 0.3) is 11.5 Å². The summed E-state index contributed by atoms with van der Waals surface area (Å²) >= 11 is 0. The summed E-state index contributed by atoms with van der Waals surface area (Å²) in [4.78, 5) is 34.1. The monoisotopic (exact) mass is 360 g/mol. The van der Waals surface area contributed by atoms with Gasteiger partial charge in [-0.3, -0.25) is 14.8 Å². The Morgan fingerprint density at radius 2 is 1.89 bits per heavy atom. The van der Waals surface area contributed by atoms with Crippen molar-refractivity contribution in [3.8, 4) is 11.5 Å². The third-order valence-corrected chi connectivity index (χ3v) is 4.72. The molecule has 1 N–H and O–H groups in total. The van der Waals surface area contributed by atoms with Gasteiger partial charge in [0.05, 0.1) is 17.9 Å². The van der Waals surface area contributed by atoms with Crippen LogP contribution in [0.15, 0.2) is 49.3 Å². The van der Waals surface area contributed by atoms with Gasteiger partial charge < -0.3 is 5.32 Å². The lowest BCUT2D eigenvalue weighted by atomic mass is 9.74. The van der Waals surface area contributed by atoms with Crippen molar-refractivity contribution in [3.05, 3.63) is 66.1 Å². The Morgan fingerprint density at radius 1 is 1.07 bits per heavy atom. The maximum atomic E-state index is 12.6. The molecule has 27 heavy (non-hydrogen) atoms. The Balaban J connectivity index is 1.66. The largest absolute Gasteiger partial charge is 0.345 e. The van der Waals surface area contributed by atoms with E-state index >= 15 is 0 Å². The molecule has 7 heteroatoms. The van der Waals surface area contributed by atoms with Crippen LogP contribution in [0, 0.1) is 5.41 Å². The van der Waals surface area contributed by atoms with E-state index in [-0.39, 0.29) is 17.4 Å². The topological polar surface area (TPSA) is 93.5 Å². The maximum absolute atomic E-state index is 12.6. The molecule has 3 aromatic rings. The van der Waals surface area contributed by atoms with Crippen LogP contribution in [0.4, 0.5) is 0 Å². The number of fused-ring (bicyclic) bond motifs is 1. The average Bonchev–Trinajstić information content (AvgIpc) is 2.68.